The highest BCUT2D eigenvalue weighted by Crippen LogP contribution is 2.20. The minimum atomic E-state index is -0.577. The van der Waals surface area contributed by atoms with Crippen LogP contribution in [0.25, 0.3) is 11.0 Å². The summed E-state index contributed by atoms with van der Waals surface area (Å²) in [5.74, 6) is 0. The molecule has 21 heavy (non-hydrogen) atoms. The Morgan fingerprint density at radius 1 is 1.38 bits per heavy atom. The number of carbonyl (C=O) groups is 1. The second-order valence-corrected chi connectivity index (χ2v) is 5.78. The highest BCUT2D eigenvalue weighted by atomic mass is 16.7. The fourth-order valence-corrected chi connectivity index (χ4v) is 1.84. The van der Waals surface area contributed by atoms with Gasteiger partial charge in [0.2, 0.25) is 0 Å². The zero-order valence-electron chi connectivity index (χ0n) is 12.8. The SMILES string of the molecule is CNC(=O)ON=C(Cn1cnc2ccccc21)C(C)(C)C. The fraction of sp³-hybridized carbons (Fsp3) is 0.400. The standard InChI is InChI=1S/C15H20N4O2/c1-15(2,3)13(18-21-14(20)16-4)9-19-10-17-11-7-5-6-8-12(11)19/h5-8,10H,9H2,1-4H3,(H,16,20). The van der Waals surface area contributed by atoms with Crippen molar-refractivity contribution >= 4 is 22.8 Å². The van der Waals surface area contributed by atoms with E-state index in [-0.39, 0.29) is 5.41 Å². The van der Waals surface area contributed by atoms with Crippen molar-refractivity contribution in [2.45, 2.75) is 27.3 Å². The van der Waals surface area contributed by atoms with E-state index >= 15 is 0 Å². The van der Waals surface area contributed by atoms with Gasteiger partial charge < -0.3 is 9.88 Å². The normalized spacial score (nSPS) is 12.5. The highest BCUT2D eigenvalue weighted by molar-refractivity contribution is 5.90. The van der Waals surface area contributed by atoms with E-state index in [0.29, 0.717) is 6.54 Å². The van der Waals surface area contributed by atoms with Gasteiger partial charge in [-0.15, -0.1) is 0 Å². The summed E-state index contributed by atoms with van der Waals surface area (Å²) in [4.78, 5) is 20.4. The van der Waals surface area contributed by atoms with Crippen LogP contribution in [0.1, 0.15) is 20.8 Å². The average molecular weight is 288 g/mol. The summed E-state index contributed by atoms with van der Waals surface area (Å²) < 4.78 is 1.99. The van der Waals surface area contributed by atoms with E-state index in [4.69, 9.17) is 4.84 Å². The Morgan fingerprint density at radius 2 is 2.10 bits per heavy atom. The van der Waals surface area contributed by atoms with Gasteiger partial charge in [-0.05, 0) is 12.1 Å². The van der Waals surface area contributed by atoms with Gasteiger partial charge in [0.05, 0.1) is 29.6 Å². The lowest BCUT2D eigenvalue weighted by Gasteiger charge is -2.21. The quantitative estimate of drug-likeness (QED) is 0.536. The van der Waals surface area contributed by atoms with E-state index in [1.807, 2.05) is 49.6 Å². The monoisotopic (exact) mass is 288 g/mol. The van der Waals surface area contributed by atoms with Crippen LogP contribution < -0.4 is 5.32 Å². The Hall–Kier alpha value is -2.37. The Balaban J connectivity index is 2.29. The van der Waals surface area contributed by atoms with E-state index in [9.17, 15) is 4.79 Å². The van der Waals surface area contributed by atoms with Crippen LogP contribution in [0.15, 0.2) is 35.7 Å². The molecule has 0 radical (unpaired) electrons. The second kappa shape index (κ2) is 5.95. The fourth-order valence-electron chi connectivity index (χ4n) is 1.84. The molecular formula is C15H20N4O2. The van der Waals surface area contributed by atoms with E-state index in [1.165, 1.54) is 7.05 Å². The summed E-state index contributed by atoms with van der Waals surface area (Å²) in [5, 5.41) is 6.38. The molecule has 1 aromatic heterocycles. The van der Waals surface area contributed by atoms with Crippen molar-refractivity contribution in [3.05, 3.63) is 30.6 Å². The number of nitrogens with one attached hydrogen (secondary N) is 1. The van der Waals surface area contributed by atoms with Gasteiger partial charge in [-0.3, -0.25) is 4.84 Å². The molecule has 0 aliphatic carbocycles. The minimum Gasteiger partial charge on any atom is -0.325 e. The molecule has 0 unspecified atom stereocenters. The number of imidazole rings is 1. The summed E-state index contributed by atoms with van der Waals surface area (Å²) in [6, 6.07) is 7.88. The van der Waals surface area contributed by atoms with Gasteiger partial charge in [-0.25, -0.2) is 9.78 Å². The molecule has 0 saturated heterocycles. The van der Waals surface area contributed by atoms with Crippen LogP contribution in [-0.4, -0.2) is 28.4 Å². The number of fused-ring (bicyclic) bond motifs is 1. The van der Waals surface area contributed by atoms with Crippen molar-refractivity contribution in [2.24, 2.45) is 10.6 Å². The first-order valence-corrected chi connectivity index (χ1v) is 6.78. The first kappa shape index (κ1) is 15.0. The molecule has 1 N–H and O–H groups in total. The minimum absolute atomic E-state index is 0.223. The third kappa shape index (κ3) is 3.59. The molecule has 2 rings (SSSR count). The first-order valence-electron chi connectivity index (χ1n) is 6.78. The summed E-state index contributed by atoms with van der Waals surface area (Å²) >= 11 is 0. The molecular weight excluding hydrogens is 268 g/mol. The summed E-state index contributed by atoms with van der Waals surface area (Å²) in [6.45, 7) is 6.59. The molecule has 1 amide bonds. The van der Waals surface area contributed by atoms with Crippen molar-refractivity contribution in [3.63, 3.8) is 0 Å². The molecule has 0 saturated carbocycles. The molecule has 0 bridgehead atoms. The molecule has 112 valence electrons. The van der Waals surface area contributed by atoms with Crippen molar-refractivity contribution in [1.82, 2.24) is 14.9 Å². The van der Waals surface area contributed by atoms with Crippen LogP contribution in [0.4, 0.5) is 4.79 Å². The zero-order valence-corrected chi connectivity index (χ0v) is 12.8. The predicted octanol–water partition coefficient (Wildman–Crippen LogP) is 2.79. The lowest BCUT2D eigenvalue weighted by molar-refractivity contribution is 0.151. The maximum Gasteiger partial charge on any atom is 0.433 e. The second-order valence-electron chi connectivity index (χ2n) is 5.78. The third-order valence-electron chi connectivity index (χ3n) is 3.16. The van der Waals surface area contributed by atoms with Gasteiger partial charge in [0.25, 0.3) is 0 Å². The lowest BCUT2D eigenvalue weighted by Crippen LogP contribution is -2.27. The largest absolute Gasteiger partial charge is 0.433 e. The Bertz CT molecular complexity index is 668. The summed E-state index contributed by atoms with van der Waals surface area (Å²) in [6.07, 6.45) is 1.19. The molecule has 2 aromatic rings. The summed E-state index contributed by atoms with van der Waals surface area (Å²) in [7, 11) is 1.50. The van der Waals surface area contributed by atoms with Crippen LogP contribution in [0, 0.1) is 5.41 Å². The number of rotatable bonds is 3. The van der Waals surface area contributed by atoms with Crippen molar-refractivity contribution in [2.75, 3.05) is 7.05 Å². The number of para-hydroxylation sites is 2. The number of benzene rings is 1. The molecule has 1 aromatic carbocycles. The number of amides is 1. The van der Waals surface area contributed by atoms with Gasteiger partial charge in [0, 0.05) is 12.5 Å². The molecule has 0 fully saturated rings. The zero-order chi connectivity index (χ0) is 15.5. The Kier molecular flexibility index (Phi) is 4.26. The molecule has 0 aliphatic heterocycles. The van der Waals surface area contributed by atoms with E-state index in [1.54, 1.807) is 6.33 Å². The van der Waals surface area contributed by atoms with Crippen LogP contribution in [0.2, 0.25) is 0 Å². The number of aromatic nitrogens is 2. The highest BCUT2D eigenvalue weighted by Gasteiger charge is 2.21. The van der Waals surface area contributed by atoms with Gasteiger partial charge in [0.1, 0.15) is 0 Å². The molecule has 6 nitrogen and oxygen atoms in total. The van der Waals surface area contributed by atoms with Gasteiger partial charge in [-0.1, -0.05) is 38.1 Å². The molecule has 0 atom stereocenters. The number of hydrogen-bond donors (Lipinski definition) is 1. The third-order valence-corrected chi connectivity index (χ3v) is 3.16. The maximum atomic E-state index is 11.2. The first-order chi connectivity index (χ1) is 9.91. The van der Waals surface area contributed by atoms with E-state index in [0.717, 1.165) is 16.7 Å². The Morgan fingerprint density at radius 3 is 2.76 bits per heavy atom. The van der Waals surface area contributed by atoms with E-state index in [2.05, 4.69) is 15.5 Å². The van der Waals surface area contributed by atoms with Crippen LogP contribution in [0.5, 0.6) is 0 Å². The van der Waals surface area contributed by atoms with Gasteiger partial charge >= 0.3 is 6.09 Å². The molecule has 0 aliphatic rings. The molecule has 6 heteroatoms. The van der Waals surface area contributed by atoms with Crippen molar-refractivity contribution < 1.29 is 9.63 Å². The van der Waals surface area contributed by atoms with Gasteiger partial charge in [-0.2, -0.15) is 0 Å². The van der Waals surface area contributed by atoms with Gasteiger partial charge in [0.15, 0.2) is 0 Å². The predicted molar refractivity (Wildman–Crippen MR) is 82.2 cm³/mol. The van der Waals surface area contributed by atoms with Crippen molar-refractivity contribution in [1.29, 1.82) is 0 Å². The number of hydrogen-bond acceptors (Lipinski definition) is 4. The molecule has 0 spiro atoms. The lowest BCUT2D eigenvalue weighted by atomic mass is 9.90. The molecule has 1 heterocycles. The summed E-state index contributed by atoms with van der Waals surface area (Å²) in [5.41, 5.74) is 2.49. The van der Waals surface area contributed by atoms with Crippen LogP contribution in [0.3, 0.4) is 0 Å². The van der Waals surface area contributed by atoms with Crippen LogP contribution >= 0.6 is 0 Å². The maximum absolute atomic E-state index is 11.2. The van der Waals surface area contributed by atoms with Crippen LogP contribution in [-0.2, 0) is 11.4 Å². The number of carbonyl (C=O) groups excluding carboxylic acids is 1. The topological polar surface area (TPSA) is 68.5 Å². The Labute approximate surface area is 123 Å². The average Bonchev–Trinajstić information content (AvgIpc) is 2.85. The van der Waals surface area contributed by atoms with Crippen molar-refractivity contribution in [3.8, 4) is 0 Å². The van der Waals surface area contributed by atoms with E-state index < -0.39 is 6.09 Å². The number of oxime groups is 1. The number of nitrogens with zero attached hydrogens (tertiary/aromatic N) is 3. The smallest absolute Gasteiger partial charge is 0.325 e.